The second kappa shape index (κ2) is 3.88. The van der Waals surface area contributed by atoms with Gasteiger partial charge in [-0.1, -0.05) is 6.08 Å². The molecule has 0 amide bonds. The van der Waals surface area contributed by atoms with Crippen LogP contribution in [0.1, 0.15) is 13.8 Å². The Morgan fingerprint density at radius 1 is 1.86 bits per heavy atom. The minimum Gasteiger partial charge on any atom is -0.368 e. The highest BCUT2D eigenvalue weighted by atomic mass is 16.5. The standard InChI is InChI=1S/C6H11O/c1-4-6(3)7-5-2/h4H,1,5H2,2-3H3. The first-order valence-corrected chi connectivity index (χ1v) is 2.40. The van der Waals surface area contributed by atoms with E-state index >= 15 is 0 Å². The first-order chi connectivity index (χ1) is 3.31. The molecule has 7 heavy (non-hydrogen) atoms. The van der Waals surface area contributed by atoms with Crippen LogP contribution in [0.3, 0.4) is 0 Å². The van der Waals surface area contributed by atoms with Gasteiger partial charge in [0.05, 0.1) is 0 Å². The summed E-state index contributed by atoms with van der Waals surface area (Å²) in [5.74, 6) is 0. The Morgan fingerprint density at radius 2 is 2.43 bits per heavy atom. The van der Waals surface area contributed by atoms with E-state index < -0.39 is 0 Å². The molecular weight excluding hydrogens is 88.1 g/mol. The predicted octanol–water partition coefficient (Wildman–Crippen LogP) is 1.76. The van der Waals surface area contributed by atoms with Gasteiger partial charge in [-0.3, -0.25) is 0 Å². The van der Waals surface area contributed by atoms with Gasteiger partial charge in [-0.2, -0.15) is 0 Å². The molecule has 0 aliphatic rings. The summed E-state index contributed by atoms with van der Waals surface area (Å²) in [4.78, 5) is 0. The van der Waals surface area contributed by atoms with Crippen LogP contribution < -0.4 is 0 Å². The molecule has 0 aliphatic carbocycles. The number of hydrogen-bond acceptors (Lipinski definition) is 1. The molecule has 0 N–H and O–H groups in total. The van der Waals surface area contributed by atoms with E-state index in [1.165, 1.54) is 0 Å². The Kier molecular flexibility index (Phi) is 3.71. The smallest absolute Gasteiger partial charge is 0.115 e. The van der Waals surface area contributed by atoms with Crippen LogP contribution in [0.4, 0.5) is 0 Å². The van der Waals surface area contributed by atoms with Crippen LogP contribution in [0.2, 0.25) is 0 Å². The van der Waals surface area contributed by atoms with Crippen molar-refractivity contribution in [3.8, 4) is 0 Å². The van der Waals surface area contributed by atoms with E-state index in [4.69, 9.17) is 4.74 Å². The van der Waals surface area contributed by atoms with Crippen LogP contribution >= 0.6 is 0 Å². The molecule has 0 heterocycles. The fourth-order valence-electron chi connectivity index (χ4n) is 0.287. The third-order valence-corrected chi connectivity index (χ3v) is 0.659. The first-order valence-electron chi connectivity index (χ1n) is 2.40. The third-order valence-electron chi connectivity index (χ3n) is 0.659. The van der Waals surface area contributed by atoms with Crippen molar-refractivity contribution in [1.29, 1.82) is 0 Å². The van der Waals surface area contributed by atoms with E-state index in [1.807, 2.05) is 13.8 Å². The van der Waals surface area contributed by atoms with Crippen LogP contribution in [0.15, 0.2) is 12.7 Å². The highest BCUT2D eigenvalue weighted by Gasteiger charge is 1.89. The van der Waals surface area contributed by atoms with Gasteiger partial charge in [0, 0.05) is 6.61 Å². The maximum atomic E-state index is 4.99. The van der Waals surface area contributed by atoms with Crippen molar-refractivity contribution in [1.82, 2.24) is 0 Å². The van der Waals surface area contributed by atoms with Gasteiger partial charge >= 0.3 is 0 Å². The fraction of sp³-hybridized carbons (Fsp3) is 0.500. The molecule has 0 aromatic rings. The minimum absolute atomic E-state index is 0.734. The van der Waals surface area contributed by atoms with Crippen molar-refractivity contribution < 1.29 is 4.74 Å². The molecule has 0 aromatic heterocycles. The SMILES string of the molecule is C=C[C](C)OCC. The van der Waals surface area contributed by atoms with Gasteiger partial charge in [0.1, 0.15) is 6.10 Å². The molecule has 0 unspecified atom stereocenters. The highest BCUT2D eigenvalue weighted by molar-refractivity contribution is 4.92. The predicted molar refractivity (Wildman–Crippen MR) is 30.7 cm³/mol. The molecule has 0 fully saturated rings. The quantitative estimate of drug-likeness (QED) is 0.524. The molecule has 1 heteroatoms. The normalized spacial score (nSPS) is 9.57. The summed E-state index contributed by atoms with van der Waals surface area (Å²) < 4.78 is 4.99. The van der Waals surface area contributed by atoms with Crippen LogP contribution in [-0.4, -0.2) is 6.61 Å². The maximum absolute atomic E-state index is 4.99. The Bertz CT molecular complexity index is 50.1. The van der Waals surface area contributed by atoms with Gasteiger partial charge in [0.2, 0.25) is 0 Å². The molecule has 0 rings (SSSR count). The number of ether oxygens (including phenoxy) is 1. The van der Waals surface area contributed by atoms with Crippen molar-refractivity contribution in [3.05, 3.63) is 18.8 Å². The Balaban J connectivity index is 2.98. The Labute approximate surface area is 45.0 Å². The summed E-state index contributed by atoms with van der Waals surface area (Å²) in [6, 6.07) is 0. The lowest BCUT2D eigenvalue weighted by Gasteiger charge is -2.00. The van der Waals surface area contributed by atoms with Crippen molar-refractivity contribution in [2.45, 2.75) is 13.8 Å². The third kappa shape index (κ3) is 3.53. The lowest BCUT2D eigenvalue weighted by atomic mass is 10.4. The van der Waals surface area contributed by atoms with E-state index in [-0.39, 0.29) is 0 Å². The lowest BCUT2D eigenvalue weighted by Crippen LogP contribution is -1.92. The summed E-state index contributed by atoms with van der Waals surface area (Å²) in [7, 11) is 0. The highest BCUT2D eigenvalue weighted by Crippen LogP contribution is 1.98. The topological polar surface area (TPSA) is 9.23 Å². The zero-order valence-corrected chi connectivity index (χ0v) is 4.90. The monoisotopic (exact) mass is 99.1 g/mol. The zero-order chi connectivity index (χ0) is 5.70. The van der Waals surface area contributed by atoms with E-state index in [9.17, 15) is 0 Å². The van der Waals surface area contributed by atoms with Crippen LogP contribution in [0.25, 0.3) is 0 Å². The van der Waals surface area contributed by atoms with Gasteiger partial charge in [-0.25, -0.2) is 0 Å². The van der Waals surface area contributed by atoms with Crippen LogP contribution in [-0.2, 0) is 4.74 Å². The summed E-state index contributed by atoms with van der Waals surface area (Å²) in [5, 5.41) is 0. The average Bonchev–Trinajstić information content (AvgIpc) is 1.68. The van der Waals surface area contributed by atoms with Crippen molar-refractivity contribution in [2.24, 2.45) is 0 Å². The molecule has 0 aliphatic heterocycles. The van der Waals surface area contributed by atoms with E-state index in [1.54, 1.807) is 6.08 Å². The Morgan fingerprint density at radius 3 is 2.57 bits per heavy atom. The average molecular weight is 99.2 g/mol. The molecule has 0 atom stereocenters. The summed E-state index contributed by atoms with van der Waals surface area (Å²) in [6.45, 7) is 8.09. The van der Waals surface area contributed by atoms with Gasteiger partial charge in [0.25, 0.3) is 0 Å². The van der Waals surface area contributed by atoms with Gasteiger partial charge < -0.3 is 4.74 Å². The molecule has 0 spiro atoms. The lowest BCUT2D eigenvalue weighted by molar-refractivity contribution is 0.185. The zero-order valence-electron chi connectivity index (χ0n) is 4.90. The molecule has 1 radical (unpaired) electrons. The molecule has 0 saturated heterocycles. The van der Waals surface area contributed by atoms with Gasteiger partial charge in [0.15, 0.2) is 0 Å². The summed E-state index contributed by atoms with van der Waals surface area (Å²) in [5.41, 5.74) is 0. The largest absolute Gasteiger partial charge is 0.368 e. The van der Waals surface area contributed by atoms with E-state index in [0.29, 0.717) is 0 Å². The Hall–Kier alpha value is -0.300. The van der Waals surface area contributed by atoms with Crippen molar-refractivity contribution in [2.75, 3.05) is 6.61 Å². The first kappa shape index (κ1) is 6.70. The minimum atomic E-state index is 0.734. The van der Waals surface area contributed by atoms with E-state index in [0.717, 1.165) is 12.7 Å². The van der Waals surface area contributed by atoms with Crippen molar-refractivity contribution >= 4 is 0 Å². The van der Waals surface area contributed by atoms with Gasteiger partial charge in [-0.15, -0.1) is 6.58 Å². The molecule has 0 saturated carbocycles. The molecule has 41 valence electrons. The second-order valence-electron chi connectivity index (χ2n) is 1.25. The van der Waals surface area contributed by atoms with Crippen molar-refractivity contribution in [3.63, 3.8) is 0 Å². The number of rotatable bonds is 3. The van der Waals surface area contributed by atoms with Crippen LogP contribution in [0, 0.1) is 6.10 Å². The van der Waals surface area contributed by atoms with Crippen LogP contribution in [0.5, 0.6) is 0 Å². The molecule has 0 bridgehead atoms. The fourth-order valence-corrected chi connectivity index (χ4v) is 0.287. The molecule has 0 aromatic carbocycles. The number of hydrogen-bond donors (Lipinski definition) is 0. The maximum Gasteiger partial charge on any atom is 0.115 e. The van der Waals surface area contributed by atoms with Gasteiger partial charge in [-0.05, 0) is 13.8 Å². The summed E-state index contributed by atoms with van der Waals surface area (Å²) >= 11 is 0. The second-order valence-corrected chi connectivity index (χ2v) is 1.25. The molecular formula is C6H11O. The summed E-state index contributed by atoms with van der Waals surface area (Å²) in [6.07, 6.45) is 2.59. The molecule has 1 nitrogen and oxygen atoms in total. The van der Waals surface area contributed by atoms with E-state index in [2.05, 4.69) is 6.58 Å².